The number of rotatable bonds is 1. The first-order valence-corrected chi connectivity index (χ1v) is 7.24. The number of anilines is 1. The minimum Gasteiger partial charge on any atom is -0.368 e. The number of hydrogen-bond donors (Lipinski definition) is 2. The van der Waals surface area contributed by atoms with Crippen molar-refractivity contribution in [1.29, 1.82) is 0 Å². The van der Waals surface area contributed by atoms with Crippen molar-refractivity contribution in [1.82, 2.24) is 15.3 Å². The molecule has 0 spiro atoms. The third-order valence-electron chi connectivity index (χ3n) is 4.42. The summed E-state index contributed by atoms with van der Waals surface area (Å²) in [6, 6.07) is 8.69. The van der Waals surface area contributed by atoms with Crippen LogP contribution in [0.3, 0.4) is 0 Å². The average Bonchev–Trinajstić information content (AvgIpc) is 2.90. The van der Waals surface area contributed by atoms with Crippen LogP contribution in [0.5, 0.6) is 0 Å². The molecule has 0 unspecified atom stereocenters. The first-order valence-electron chi connectivity index (χ1n) is 7.24. The molecule has 1 aliphatic carbocycles. The molecule has 1 aromatic heterocycles. The Kier molecular flexibility index (Phi) is 2.70. The maximum Gasteiger partial charge on any atom is 0.220 e. The van der Waals surface area contributed by atoms with E-state index in [0.717, 1.165) is 43.7 Å². The molecule has 4 nitrogen and oxygen atoms in total. The summed E-state index contributed by atoms with van der Waals surface area (Å²) in [4.78, 5) is 9.00. The number of benzene rings is 1. The molecule has 0 amide bonds. The summed E-state index contributed by atoms with van der Waals surface area (Å²) in [5, 5.41) is 3.42. The predicted molar refractivity (Wildman–Crippen MR) is 78.4 cm³/mol. The van der Waals surface area contributed by atoms with E-state index in [1.165, 1.54) is 16.7 Å². The van der Waals surface area contributed by atoms with Crippen LogP contribution in [0, 0.1) is 0 Å². The van der Waals surface area contributed by atoms with Crippen LogP contribution in [-0.2, 0) is 25.8 Å². The largest absolute Gasteiger partial charge is 0.368 e. The highest BCUT2D eigenvalue weighted by Crippen LogP contribution is 2.35. The lowest BCUT2D eigenvalue weighted by molar-refractivity contribution is 0.598. The zero-order valence-electron chi connectivity index (χ0n) is 11.4. The van der Waals surface area contributed by atoms with Crippen molar-refractivity contribution in [3.8, 4) is 0 Å². The van der Waals surface area contributed by atoms with Crippen LogP contribution in [0.1, 0.15) is 34.0 Å². The number of nitrogens with zero attached hydrogens (tertiary/aromatic N) is 2. The van der Waals surface area contributed by atoms with Gasteiger partial charge in [0.2, 0.25) is 5.95 Å². The van der Waals surface area contributed by atoms with Gasteiger partial charge >= 0.3 is 0 Å². The second-order valence-corrected chi connectivity index (χ2v) is 5.69. The molecule has 0 saturated carbocycles. The summed E-state index contributed by atoms with van der Waals surface area (Å²) in [6.45, 7) is 1.85. The predicted octanol–water partition coefficient (Wildman–Crippen LogP) is 1.59. The van der Waals surface area contributed by atoms with Crippen molar-refractivity contribution < 1.29 is 0 Å². The molecular formula is C16H18N4. The Morgan fingerprint density at radius 2 is 1.85 bits per heavy atom. The van der Waals surface area contributed by atoms with E-state index in [1.54, 1.807) is 0 Å². The third kappa shape index (κ3) is 1.88. The zero-order valence-corrected chi connectivity index (χ0v) is 11.4. The molecule has 1 aliphatic heterocycles. The molecule has 102 valence electrons. The molecule has 1 aromatic carbocycles. The van der Waals surface area contributed by atoms with Gasteiger partial charge in [0.1, 0.15) is 0 Å². The number of nitrogens with one attached hydrogen (secondary N) is 1. The van der Waals surface area contributed by atoms with Gasteiger partial charge in [0.15, 0.2) is 0 Å². The summed E-state index contributed by atoms with van der Waals surface area (Å²) in [5.74, 6) is 0.878. The smallest absolute Gasteiger partial charge is 0.220 e. The minimum atomic E-state index is 0.427. The number of fused-ring (bicyclic) bond motifs is 2. The first-order chi connectivity index (χ1) is 9.81. The van der Waals surface area contributed by atoms with Gasteiger partial charge in [-0.3, -0.25) is 0 Å². The number of aromatic nitrogens is 2. The molecule has 4 heteroatoms. The van der Waals surface area contributed by atoms with Crippen molar-refractivity contribution in [3.05, 3.63) is 52.3 Å². The van der Waals surface area contributed by atoms with E-state index in [-0.39, 0.29) is 0 Å². The SMILES string of the molecule is Nc1nc2c(c(C3Cc4ccccc4C3)n1)CNCC2. The molecule has 0 saturated heterocycles. The molecule has 4 rings (SSSR count). The van der Waals surface area contributed by atoms with E-state index in [9.17, 15) is 0 Å². The van der Waals surface area contributed by atoms with Crippen LogP contribution in [0.25, 0.3) is 0 Å². The lowest BCUT2D eigenvalue weighted by Gasteiger charge is -2.22. The molecule has 0 fully saturated rings. The highest BCUT2D eigenvalue weighted by molar-refractivity contribution is 5.41. The van der Waals surface area contributed by atoms with Crippen LogP contribution >= 0.6 is 0 Å². The van der Waals surface area contributed by atoms with Crippen molar-refractivity contribution >= 4 is 5.95 Å². The van der Waals surface area contributed by atoms with Gasteiger partial charge in [0, 0.05) is 31.0 Å². The monoisotopic (exact) mass is 266 g/mol. The van der Waals surface area contributed by atoms with E-state index in [1.807, 2.05) is 0 Å². The van der Waals surface area contributed by atoms with Gasteiger partial charge < -0.3 is 11.1 Å². The second kappa shape index (κ2) is 4.56. The zero-order chi connectivity index (χ0) is 13.5. The lowest BCUT2D eigenvalue weighted by Crippen LogP contribution is -2.28. The van der Waals surface area contributed by atoms with Gasteiger partial charge in [-0.2, -0.15) is 0 Å². The molecule has 2 aliphatic rings. The van der Waals surface area contributed by atoms with Gasteiger partial charge in [-0.25, -0.2) is 9.97 Å². The van der Waals surface area contributed by atoms with Crippen LogP contribution < -0.4 is 11.1 Å². The second-order valence-electron chi connectivity index (χ2n) is 5.69. The fourth-order valence-electron chi connectivity index (χ4n) is 3.48. The summed E-state index contributed by atoms with van der Waals surface area (Å²) >= 11 is 0. The van der Waals surface area contributed by atoms with Crippen LogP contribution in [0.15, 0.2) is 24.3 Å². The van der Waals surface area contributed by atoms with Crippen LogP contribution in [0.4, 0.5) is 5.95 Å². The van der Waals surface area contributed by atoms with Gasteiger partial charge in [0.05, 0.1) is 11.4 Å². The molecule has 20 heavy (non-hydrogen) atoms. The first kappa shape index (κ1) is 11.9. The van der Waals surface area contributed by atoms with Crippen molar-refractivity contribution in [2.45, 2.75) is 31.7 Å². The Hall–Kier alpha value is -1.94. The minimum absolute atomic E-state index is 0.427. The Morgan fingerprint density at radius 3 is 2.60 bits per heavy atom. The maximum atomic E-state index is 5.91. The quantitative estimate of drug-likeness (QED) is 0.822. The lowest BCUT2D eigenvalue weighted by atomic mass is 9.94. The molecule has 3 N–H and O–H groups in total. The fourth-order valence-corrected chi connectivity index (χ4v) is 3.48. The molecule has 2 aromatic rings. The molecule has 2 heterocycles. The average molecular weight is 266 g/mol. The standard InChI is InChI=1S/C16H18N4/c17-16-19-14-5-6-18-9-13(14)15(20-16)12-7-10-3-1-2-4-11(10)8-12/h1-4,12,18H,5-9H2,(H2,17,19,20). The van der Waals surface area contributed by atoms with Crippen molar-refractivity contribution in [3.63, 3.8) is 0 Å². The molecule has 0 bridgehead atoms. The third-order valence-corrected chi connectivity index (χ3v) is 4.42. The van der Waals surface area contributed by atoms with Gasteiger partial charge in [-0.1, -0.05) is 24.3 Å². The number of nitrogens with two attached hydrogens (primary N) is 1. The topological polar surface area (TPSA) is 63.8 Å². The summed E-state index contributed by atoms with van der Waals surface area (Å²) < 4.78 is 0. The van der Waals surface area contributed by atoms with E-state index >= 15 is 0 Å². The van der Waals surface area contributed by atoms with Crippen molar-refractivity contribution in [2.24, 2.45) is 0 Å². The van der Waals surface area contributed by atoms with E-state index < -0.39 is 0 Å². The fraction of sp³-hybridized carbons (Fsp3) is 0.375. The molecule has 0 radical (unpaired) electrons. The number of nitrogen functional groups attached to an aromatic ring is 1. The van der Waals surface area contributed by atoms with Crippen LogP contribution in [-0.4, -0.2) is 16.5 Å². The molecular weight excluding hydrogens is 248 g/mol. The van der Waals surface area contributed by atoms with E-state index in [0.29, 0.717) is 11.9 Å². The molecule has 0 atom stereocenters. The van der Waals surface area contributed by atoms with E-state index in [4.69, 9.17) is 5.73 Å². The summed E-state index contributed by atoms with van der Waals surface area (Å²) in [7, 11) is 0. The van der Waals surface area contributed by atoms with Crippen molar-refractivity contribution in [2.75, 3.05) is 12.3 Å². The number of hydrogen-bond acceptors (Lipinski definition) is 4. The maximum absolute atomic E-state index is 5.91. The van der Waals surface area contributed by atoms with Gasteiger partial charge in [0.25, 0.3) is 0 Å². The Labute approximate surface area is 118 Å². The Balaban J connectivity index is 1.75. The normalized spacial score (nSPS) is 17.8. The highest BCUT2D eigenvalue weighted by Gasteiger charge is 2.28. The van der Waals surface area contributed by atoms with Gasteiger partial charge in [-0.15, -0.1) is 0 Å². The summed E-state index contributed by atoms with van der Waals surface area (Å²) in [6.07, 6.45) is 3.09. The van der Waals surface area contributed by atoms with E-state index in [2.05, 4.69) is 39.6 Å². The van der Waals surface area contributed by atoms with Gasteiger partial charge in [-0.05, 0) is 24.0 Å². The van der Waals surface area contributed by atoms with Crippen LogP contribution in [0.2, 0.25) is 0 Å². The Morgan fingerprint density at radius 1 is 1.10 bits per heavy atom. The highest BCUT2D eigenvalue weighted by atomic mass is 15.0. The summed E-state index contributed by atoms with van der Waals surface area (Å²) in [5.41, 5.74) is 12.4. The Bertz CT molecular complexity index is 641.